The molecular formula is C12H12N2O4. The molecule has 2 rings (SSSR count). The van der Waals surface area contributed by atoms with Crippen LogP contribution in [0.5, 0.6) is 0 Å². The van der Waals surface area contributed by atoms with Crippen LogP contribution in [0, 0.1) is 0 Å². The van der Waals surface area contributed by atoms with E-state index in [2.05, 4.69) is 10.6 Å². The van der Waals surface area contributed by atoms with Gasteiger partial charge >= 0.3 is 5.97 Å². The van der Waals surface area contributed by atoms with Gasteiger partial charge in [0.15, 0.2) is 0 Å². The van der Waals surface area contributed by atoms with Crippen LogP contribution < -0.4 is 10.6 Å². The van der Waals surface area contributed by atoms with Gasteiger partial charge in [-0.1, -0.05) is 0 Å². The van der Waals surface area contributed by atoms with E-state index >= 15 is 0 Å². The maximum Gasteiger partial charge on any atom is 0.303 e. The molecule has 6 nitrogen and oxygen atoms in total. The molecule has 0 saturated heterocycles. The molecule has 1 aromatic rings. The van der Waals surface area contributed by atoms with Crippen LogP contribution in [-0.4, -0.2) is 22.9 Å². The van der Waals surface area contributed by atoms with Crippen molar-refractivity contribution in [2.24, 2.45) is 0 Å². The number of benzene rings is 1. The van der Waals surface area contributed by atoms with Crippen LogP contribution >= 0.6 is 0 Å². The van der Waals surface area contributed by atoms with E-state index in [9.17, 15) is 14.4 Å². The van der Waals surface area contributed by atoms with Crippen molar-refractivity contribution in [2.75, 3.05) is 10.6 Å². The van der Waals surface area contributed by atoms with Gasteiger partial charge < -0.3 is 15.7 Å². The zero-order valence-electron chi connectivity index (χ0n) is 9.53. The lowest BCUT2D eigenvalue weighted by molar-refractivity contribution is -0.138. The Hall–Kier alpha value is -2.37. The molecule has 1 heterocycles. The quantitative estimate of drug-likeness (QED) is 0.740. The summed E-state index contributed by atoms with van der Waals surface area (Å²) in [6.45, 7) is 0. The second-order valence-electron chi connectivity index (χ2n) is 4.04. The highest BCUT2D eigenvalue weighted by Crippen LogP contribution is 2.25. The van der Waals surface area contributed by atoms with Crippen LogP contribution in [0.15, 0.2) is 18.2 Å². The number of aliphatic carboxylic acids is 1. The Morgan fingerprint density at radius 2 is 2.11 bits per heavy atom. The molecule has 0 unspecified atom stereocenters. The Balaban J connectivity index is 1.99. The first-order valence-electron chi connectivity index (χ1n) is 5.49. The second-order valence-corrected chi connectivity index (χ2v) is 4.04. The van der Waals surface area contributed by atoms with Gasteiger partial charge in [0.25, 0.3) is 0 Å². The molecule has 94 valence electrons. The second kappa shape index (κ2) is 4.87. The minimum absolute atomic E-state index is 0.0659. The molecule has 0 aliphatic carbocycles. The van der Waals surface area contributed by atoms with Gasteiger partial charge in [-0.15, -0.1) is 0 Å². The summed E-state index contributed by atoms with van der Waals surface area (Å²) in [5, 5.41) is 13.7. The molecule has 0 saturated carbocycles. The number of carboxylic acid groups (broad SMARTS) is 1. The molecule has 0 atom stereocenters. The first-order chi connectivity index (χ1) is 8.54. The van der Waals surface area contributed by atoms with Crippen LogP contribution in [-0.2, 0) is 20.8 Å². The zero-order valence-corrected chi connectivity index (χ0v) is 9.53. The number of rotatable bonds is 4. The lowest BCUT2D eigenvalue weighted by atomic mass is 10.1. The lowest BCUT2D eigenvalue weighted by Crippen LogP contribution is -2.13. The molecule has 0 radical (unpaired) electrons. The highest BCUT2D eigenvalue weighted by Gasteiger charge is 2.17. The van der Waals surface area contributed by atoms with E-state index in [0.717, 1.165) is 11.3 Å². The van der Waals surface area contributed by atoms with E-state index in [4.69, 9.17) is 5.11 Å². The molecule has 3 N–H and O–H groups in total. The minimum atomic E-state index is -1.01. The molecule has 2 amide bonds. The summed E-state index contributed by atoms with van der Waals surface area (Å²) in [5.41, 5.74) is 2.15. The molecule has 1 aromatic carbocycles. The fourth-order valence-corrected chi connectivity index (χ4v) is 1.75. The van der Waals surface area contributed by atoms with Gasteiger partial charge in [-0.2, -0.15) is 0 Å². The molecule has 1 aliphatic heterocycles. The fourth-order valence-electron chi connectivity index (χ4n) is 1.75. The predicted octanol–water partition coefficient (Wildman–Crippen LogP) is 0.984. The summed E-state index contributed by atoms with van der Waals surface area (Å²) in [5.74, 6) is -1.43. The average Bonchev–Trinajstić information content (AvgIpc) is 2.66. The largest absolute Gasteiger partial charge is 0.481 e. The molecule has 6 heteroatoms. The van der Waals surface area contributed by atoms with Crippen molar-refractivity contribution in [3.8, 4) is 0 Å². The maximum absolute atomic E-state index is 11.4. The molecule has 0 spiro atoms. The van der Waals surface area contributed by atoms with Crippen LogP contribution in [0.4, 0.5) is 11.4 Å². The maximum atomic E-state index is 11.4. The predicted molar refractivity (Wildman–Crippen MR) is 64.3 cm³/mol. The topological polar surface area (TPSA) is 95.5 Å². The van der Waals surface area contributed by atoms with E-state index in [-0.39, 0.29) is 24.7 Å². The summed E-state index contributed by atoms with van der Waals surface area (Å²) in [6, 6.07) is 5.10. The van der Waals surface area contributed by atoms with Gasteiger partial charge in [0.05, 0.1) is 12.8 Å². The Morgan fingerprint density at radius 3 is 2.83 bits per heavy atom. The van der Waals surface area contributed by atoms with Crippen molar-refractivity contribution in [3.63, 3.8) is 0 Å². The van der Waals surface area contributed by atoms with E-state index in [1.165, 1.54) is 0 Å². The summed E-state index contributed by atoms with van der Waals surface area (Å²) in [7, 11) is 0. The minimum Gasteiger partial charge on any atom is -0.481 e. The van der Waals surface area contributed by atoms with Crippen molar-refractivity contribution in [1.29, 1.82) is 0 Å². The van der Waals surface area contributed by atoms with Gasteiger partial charge in [0.2, 0.25) is 11.8 Å². The third-order valence-electron chi connectivity index (χ3n) is 2.58. The standard InChI is InChI=1S/C12H12N2O4/c15-10(3-4-12(17)18)13-8-1-2-9-7(5-8)6-11(16)14-9/h1-2,5H,3-4,6H2,(H,13,15)(H,14,16)(H,17,18). The Bertz CT molecular complexity index is 525. The van der Waals surface area contributed by atoms with Gasteiger partial charge in [0.1, 0.15) is 0 Å². The average molecular weight is 248 g/mol. The van der Waals surface area contributed by atoms with Crippen molar-refractivity contribution in [3.05, 3.63) is 23.8 Å². The van der Waals surface area contributed by atoms with Crippen molar-refractivity contribution >= 4 is 29.2 Å². The molecule has 18 heavy (non-hydrogen) atoms. The Labute approximate surface area is 103 Å². The number of hydrogen-bond acceptors (Lipinski definition) is 3. The van der Waals surface area contributed by atoms with Crippen LogP contribution in [0.2, 0.25) is 0 Å². The van der Waals surface area contributed by atoms with Gasteiger partial charge in [0, 0.05) is 17.8 Å². The van der Waals surface area contributed by atoms with Crippen molar-refractivity contribution < 1.29 is 19.5 Å². The number of carboxylic acids is 1. The normalized spacial score (nSPS) is 12.8. The number of fused-ring (bicyclic) bond motifs is 1. The fraction of sp³-hybridized carbons (Fsp3) is 0.250. The summed E-state index contributed by atoms with van der Waals surface area (Å²) >= 11 is 0. The Morgan fingerprint density at radius 1 is 1.33 bits per heavy atom. The molecule has 0 fully saturated rings. The van der Waals surface area contributed by atoms with Crippen LogP contribution in [0.1, 0.15) is 18.4 Å². The van der Waals surface area contributed by atoms with Gasteiger partial charge in [-0.25, -0.2) is 0 Å². The van der Waals surface area contributed by atoms with E-state index in [1.54, 1.807) is 18.2 Å². The molecular weight excluding hydrogens is 236 g/mol. The van der Waals surface area contributed by atoms with Crippen molar-refractivity contribution in [1.82, 2.24) is 0 Å². The number of amides is 2. The number of nitrogens with one attached hydrogen (secondary N) is 2. The van der Waals surface area contributed by atoms with Crippen LogP contribution in [0.25, 0.3) is 0 Å². The van der Waals surface area contributed by atoms with Crippen molar-refractivity contribution in [2.45, 2.75) is 19.3 Å². The van der Waals surface area contributed by atoms with Gasteiger partial charge in [-0.3, -0.25) is 14.4 Å². The molecule has 0 aromatic heterocycles. The third kappa shape index (κ3) is 2.85. The summed E-state index contributed by atoms with van der Waals surface area (Å²) in [4.78, 5) is 32.9. The monoisotopic (exact) mass is 248 g/mol. The van der Waals surface area contributed by atoms with E-state index in [1.807, 2.05) is 0 Å². The SMILES string of the molecule is O=C(O)CCC(=O)Nc1ccc2c(c1)CC(=O)N2. The van der Waals surface area contributed by atoms with E-state index in [0.29, 0.717) is 12.1 Å². The lowest BCUT2D eigenvalue weighted by Gasteiger charge is -2.06. The smallest absolute Gasteiger partial charge is 0.303 e. The Kier molecular flexibility index (Phi) is 3.27. The first kappa shape index (κ1) is 12.1. The van der Waals surface area contributed by atoms with Crippen LogP contribution in [0.3, 0.4) is 0 Å². The van der Waals surface area contributed by atoms with E-state index < -0.39 is 5.97 Å². The summed E-state index contributed by atoms with van der Waals surface area (Å²) < 4.78 is 0. The number of anilines is 2. The molecule has 0 bridgehead atoms. The third-order valence-corrected chi connectivity index (χ3v) is 2.58. The number of carbonyl (C=O) groups is 3. The highest BCUT2D eigenvalue weighted by atomic mass is 16.4. The zero-order chi connectivity index (χ0) is 13.1. The highest BCUT2D eigenvalue weighted by molar-refractivity contribution is 6.00. The summed E-state index contributed by atoms with van der Waals surface area (Å²) in [6.07, 6.45) is 0.0363. The van der Waals surface area contributed by atoms with Gasteiger partial charge in [-0.05, 0) is 23.8 Å². The number of hydrogen-bond donors (Lipinski definition) is 3. The number of carbonyl (C=O) groups excluding carboxylic acids is 2. The molecule has 1 aliphatic rings. The first-order valence-corrected chi connectivity index (χ1v) is 5.49.